The highest BCUT2D eigenvalue weighted by Crippen LogP contribution is 2.35. The summed E-state index contributed by atoms with van der Waals surface area (Å²) in [6.07, 6.45) is 1.56. The SMILES string of the molecule is C=CCN1C(=O)c2cccc3c(N(C)C)ccc(c23)C1=O. The third kappa shape index (κ3) is 1.83. The Morgan fingerprint density at radius 2 is 1.76 bits per heavy atom. The van der Waals surface area contributed by atoms with Crippen LogP contribution in [0.1, 0.15) is 20.7 Å². The van der Waals surface area contributed by atoms with E-state index >= 15 is 0 Å². The molecule has 2 aromatic rings. The van der Waals surface area contributed by atoms with Crippen molar-refractivity contribution < 1.29 is 9.59 Å². The van der Waals surface area contributed by atoms with Crippen LogP contribution in [0.5, 0.6) is 0 Å². The van der Waals surface area contributed by atoms with Crippen molar-refractivity contribution in [2.24, 2.45) is 0 Å². The van der Waals surface area contributed by atoms with Gasteiger partial charge in [-0.1, -0.05) is 18.2 Å². The maximum atomic E-state index is 12.5. The number of imide groups is 1. The standard InChI is InChI=1S/C17H16N2O2/c1-4-10-19-16(20)12-7-5-6-11-14(18(2)3)9-8-13(15(11)12)17(19)21/h4-9H,1,10H2,2-3H3. The van der Waals surface area contributed by atoms with Gasteiger partial charge >= 0.3 is 0 Å². The number of anilines is 1. The third-order valence-electron chi connectivity index (χ3n) is 3.76. The first kappa shape index (κ1) is 13.4. The lowest BCUT2D eigenvalue weighted by atomic mass is 9.93. The number of hydrogen-bond acceptors (Lipinski definition) is 3. The second kappa shape index (κ2) is 4.74. The van der Waals surface area contributed by atoms with Crippen molar-refractivity contribution in [3.63, 3.8) is 0 Å². The van der Waals surface area contributed by atoms with Crippen LogP contribution in [-0.4, -0.2) is 37.4 Å². The quantitative estimate of drug-likeness (QED) is 0.641. The van der Waals surface area contributed by atoms with Crippen LogP contribution >= 0.6 is 0 Å². The van der Waals surface area contributed by atoms with E-state index in [2.05, 4.69) is 6.58 Å². The molecule has 2 amide bonds. The molecule has 0 aromatic heterocycles. The summed E-state index contributed by atoms with van der Waals surface area (Å²) >= 11 is 0. The van der Waals surface area contributed by atoms with E-state index in [1.165, 1.54) is 4.90 Å². The first-order valence-electron chi connectivity index (χ1n) is 6.76. The van der Waals surface area contributed by atoms with Crippen molar-refractivity contribution in [1.29, 1.82) is 0 Å². The first-order valence-corrected chi connectivity index (χ1v) is 6.76. The maximum absolute atomic E-state index is 12.5. The molecular formula is C17H16N2O2. The molecule has 1 aliphatic heterocycles. The van der Waals surface area contributed by atoms with Gasteiger partial charge < -0.3 is 4.90 Å². The van der Waals surface area contributed by atoms with Crippen molar-refractivity contribution >= 4 is 28.3 Å². The van der Waals surface area contributed by atoms with Crippen molar-refractivity contribution in [3.05, 3.63) is 54.1 Å². The molecule has 2 aromatic carbocycles. The van der Waals surface area contributed by atoms with Crippen LogP contribution in [0.25, 0.3) is 10.8 Å². The molecular weight excluding hydrogens is 264 g/mol. The lowest BCUT2D eigenvalue weighted by Gasteiger charge is -2.27. The zero-order valence-electron chi connectivity index (χ0n) is 12.1. The monoisotopic (exact) mass is 280 g/mol. The molecule has 0 radical (unpaired) electrons. The summed E-state index contributed by atoms with van der Waals surface area (Å²) < 4.78 is 0. The molecule has 0 fully saturated rings. The molecule has 0 aliphatic carbocycles. The Bertz CT molecular complexity index is 755. The van der Waals surface area contributed by atoms with Crippen LogP contribution in [-0.2, 0) is 0 Å². The Morgan fingerprint density at radius 1 is 1.10 bits per heavy atom. The zero-order valence-corrected chi connectivity index (χ0v) is 12.1. The average Bonchev–Trinajstić information content (AvgIpc) is 2.48. The Labute approximate surface area is 123 Å². The average molecular weight is 280 g/mol. The molecule has 0 bridgehead atoms. The Kier molecular flexibility index (Phi) is 3.01. The maximum Gasteiger partial charge on any atom is 0.261 e. The minimum absolute atomic E-state index is 0.225. The predicted octanol–water partition coefficient (Wildman–Crippen LogP) is 2.69. The van der Waals surface area contributed by atoms with E-state index in [9.17, 15) is 9.59 Å². The molecule has 1 aliphatic rings. The number of benzene rings is 2. The van der Waals surface area contributed by atoms with Crippen LogP contribution in [0.15, 0.2) is 43.0 Å². The fraction of sp³-hybridized carbons (Fsp3) is 0.176. The lowest BCUT2D eigenvalue weighted by Crippen LogP contribution is -2.40. The van der Waals surface area contributed by atoms with Crippen LogP contribution in [0.4, 0.5) is 5.69 Å². The van der Waals surface area contributed by atoms with E-state index in [-0.39, 0.29) is 18.4 Å². The zero-order chi connectivity index (χ0) is 15.1. The van der Waals surface area contributed by atoms with Gasteiger partial charge in [-0.25, -0.2) is 0 Å². The third-order valence-corrected chi connectivity index (χ3v) is 3.76. The molecule has 0 saturated heterocycles. The fourth-order valence-corrected chi connectivity index (χ4v) is 2.82. The molecule has 21 heavy (non-hydrogen) atoms. The Balaban J connectivity index is 2.35. The number of carbonyl (C=O) groups is 2. The lowest BCUT2D eigenvalue weighted by molar-refractivity contribution is 0.0629. The van der Waals surface area contributed by atoms with Crippen molar-refractivity contribution in [1.82, 2.24) is 4.90 Å². The van der Waals surface area contributed by atoms with Gasteiger partial charge in [-0.15, -0.1) is 6.58 Å². The van der Waals surface area contributed by atoms with Crippen molar-refractivity contribution in [3.8, 4) is 0 Å². The molecule has 0 N–H and O–H groups in total. The van der Waals surface area contributed by atoms with Gasteiger partial charge in [0, 0.05) is 48.2 Å². The summed E-state index contributed by atoms with van der Waals surface area (Å²) in [5, 5.41) is 1.67. The normalized spacial score (nSPS) is 13.7. The molecule has 0 saturated carbocycles. The minimum atomic E-state index is -0.256. The predicted molar refractivity (Wildman–Crippen MR) is 83.8 cm³/mol. The highest BCUT2D eigenvalue weighted by molar-refractivity contribution is 6.26. The van der Waals surface area contributed by atoms with Crippen molar-refractivity contribution in [2.75, 3.05) is 25.5 Å². The summed E-state index contributed by atoms with van der Waals surface area (Å²) in [4.78, 5) is 28.3. The van der Waals surface area contributed by atoms with Gasteiger partial charge in [0.25, 0.3) is 11.8 Å². The Morgan fingerprint density at radius 3 is 2.38 bits per heavy atom. The number of carbonyl (C=O) groups excluding carboxylic acids is 2. The molecule has 106 valence electrons. The highest BCUT2D eigenvalue weighted by Gasteiger charge is 2.32. The number of amides is 2. The summed E-state index contributed by atoms with van der Waals surface area (Å²) in [5.74, 6) is -0.511. The van der Waals surface area contributed by atoms with E-state index in [4.69, 9.17) is 0 Å². The van der Waals surface area contributed by atoms with Gasteiger partial charge in [-0.05, 0) is 18.2 Å². The summed E-state index contributed by atoms with van der Waals surface area (Å²) in [6.45, 7) is 3.84. The van der Waals surface area contributed by atoms with E-state index < -0.39 is 0 Å². The molecule has 1 heterocycles. The largest absolute Gasteiger partial charge is 0.377 e. The topological polar surface area (TPSA) is 40.6 Å². The van der Waals surface area contributed by atoms with Gasteiger partial charge in [0.2, 0.25) is 0 Å². The molecule has 4 nitrogen and oxygen atoms in total. The Hall–Kier alpha value is -2.62. The van der Waals surface area contributed by atoms with Gasteiger partial charge in [-0.2, -0.15) is 0 Å². The number of hydrogen-bond donors (Lipinski definition) is 0. The molecule has 0 spiro atoms. The van der Waals surface area contributed by atoms with Gasteiger partial charge in [0.15, 0.2) is 0 Å². The fourth-order valence-electron chi connectivity index (χ4n) is 2.82. The highest BCUT2D eigenvalue weighted by atomic mass is 16.2. The summed E-state index contributed by atoms with van der Waals surface area (Å²) in [6, 6.07) is 9.29. The molecule has 0 unspecified atom stereocenters. The summed E-state index contributed by atoms with van der Waals surface area (Å²) in [5.41, 5.74) is 2.15. The van der Waals surface area contributed by atoms with Crippen molar-refractivity contribution in [2.45, 2.75) is 0 Å². The number of nitrogens with zero attached hydrogens (tertiary/aromatic N) is 2. The van der Waals surface area contributed by atoms with Gasteiger partial charge in [0.05, 0.1) is 0 Å². The second-order valence-corrected chi connectivity index (χ2v) is 5.26. The van der Waals surface area contributed by atoms with E-state index in [0.29, 0.717) is 11.1 Å². The number of rotatable bonds is 3. The van der Waals surface area contributed by atoms with E-state index in [1.807, 2.05) is 37.2 Å². The second-order valence-electron chi connectivity index (χ2n) is 5.26. The van der Waals surface area contributed by atoms with Crippen LogP contribution in [0.3, 0.4) is 0 Å². The molecule has 3 rings (SSSR count). The van der Waals surface area contributed by atoms with E-state index in [1.54, 1.807) is 18.2 Å². The van der Waals surface area contributed by atoms with Crippen LogP contribution in [0.2, 0.25) is 0 Å². The smallest absolute Gasteiger partial charge is 0.261 e. The van der Waals surface area contributed by atoms with Gasteiger partial charge in [0.1, 0.15) is 0 Å². The molecule has 4 heteroatoms. The van der Waals surface area contributed by atoms with E-state index in [0.717, 1.165) is 16.5 Å². The first-order chi connectivity index (χ1) is 10.1. The summed E-state index contributed by atoms with van der Waals surface area (Å²) in [7, 11) is 3.89. The minimum Gasteiger partial charge on any atom is -0.377 e. The molecule has 0 atom stereocenters. The van der Waals surface area contributed by atoms with Crippen LogP contribution < -0.4 is 4.90 Å². The van der Waals surface area contributed by atoms with Gasteiger partial charge in [-0.3, -0.25) is 14.5 Å². The van der Waals surface area contributed by atoms with Crippen LogP contribution in [0, 0.1) is 0 Å².